The van der Waals surface area contributed by atoms with Gasteiger partial charge in [-0.2, -0.15) is 0 Å². The molecule has 1 atom stereocenters. The highest BCUT2D eigenvalue weighted by Gasteiger charge is 2.40. The van der Waals surface area contributed by atoms with E-state index in [2.05, 4.69) is 0 Å². The van der Waals surface area contributed by atoms with Crippen molar-refractivity contribution < 1.29 is 19.4 Å². The van der Waals surface area contributed by atoms with E-state index in [1.165, 1.54) is 0 Å². The maximum absolute atomic E-state index is 12.8. The Hall–Kier alpha value is -2.39. The lowest BCUT2D eigenvalue weighted by Gasteiger charge is -2.35. The lowest BCUT2D eigenvalue weighted by Crippen LogP contribution is -2.44. The van der Waals surface area contributed by atoms with E-state index in [1.807, 2.05) is 59.7 Å². The lowest BCUT2D eigenvalue weighted by molar-refractivity contribution is -0.137. The second-order valence-corrected chi connectivity index (χ2v) is 10.5. The molecule has 3 aliphatic rings. The smallest absolute Gasteiger partial charge is 0.223 e. The number of hydrogen-bond donors (Lipinski definition) is 1. The third-order valence-corrected chi connectivity index (χ3v) is 7.18. The molecular formula is C25H28ClN3O4S. The fraction of sp³-hybridized carbons (Fsp3) is 0.440. The summed E-state index contributed by atoms with van der Waals surface area (Å²) in [5.74, 6) is 1.57. The summed E-state index contributed by atoms with van der Waals surface area (Å²) < 4.78 is 13.4. The van der Waals surface area contributed by atoms with Gasteiger partial charge in [0.25, 0.3) is 0 Å². The van der Waals surface area contributed by atoms with E-state index in [1.54, 1.807) is 4.90 Å². The molecule has 0 aliphatic carbocycles. The van der Waals surface area contributed by atoms with Crippen LogP contribution in [0.3, 0.4) is 0 Å². The van der Waals surface area contributed by atoms with Crippen molar-refractivity contribution in [2.45, 2.75) is 32.9 Å². The number of aliphatic hydroxyl groups excluding tert-OH is 1. The Kier molecular flexibility index (Phi) is 6.18. The number of halogens is 1. The Balaban J connectivity index is 1.30. The number of carbonyl (C=O) groups is 1. The Bertz CT molecular complexity index is 1150. The van der Waals surface area contributed by atoms with Crippen LogP contribution in [0.4, 0.5) is 0 Å². The maximum Gasteiger partial charge on any atom is 0.223 e. The van der Waals surface area contributed by atoms with E-state index in [4.69, 9.17) is 33.3 Å². The number of ether oxygens (including phenoxy) is 2. The molecule has 180 valence electrons. The average molecular weight is 502 g/mol. The molecule has 3 aliphatic heterocycles. The Labute approximate surface area is 209 Å². The third kappa shape index (κ3) is 4.35. The molecule has 7 nitrogen and oxygen atoms in total. The van der Waals surface area contributed by atoms with Crippen LogP contribution in [0.1, 0.15) is 43.4 Å². The number of allylic oxidation sites excluding steroid dienone is 1. The first kappa shape index (κ1) is 23.4. The van der Waals surface area contributed by atoms with Crippen molar-refractivity contribution in [2.24, 2.45) is 5.41 Å². The highest BCUT2D eigenvalue weighted by molar-refractivity contribution is 7.80. The van der Waals surface area contributed by atoms with Gasteiger partial charge in [0, 0.05) is 49.1 Å². The van der Waals surface area contributed by atoms with Crippen molar-refractivity contribution in [1.82, 2.24) is 14.4 Å². The van der Waals surface area contributed by atoms with Gasteiger partial charge in [-0.25, -0.2) is 0 Å². The zero-order valence-electron chi connectivity index (χ0n) is 19.3. The fourth-order valence-electron chi connectivity index (χ4n) is 4.78. The van der Waals surface area contributed by atoms with Crippen LogP contribution in [-0.4, -0.2) is 63.3 Å². The molecule has 0 saturated carbocycles. The van der Waals surface area contributed by atoms with E-state index >= 15 is 0 Å². The molecule has 1 N–H and O–H groups in total. The number of thiocarbonyl (C=S) groups is 1. The summed E-state index contributed by atoms with van der Waals surface area (Å²) in [5, 5.41) is 12.3. The molecule has 1 saturated heterocycles. The lowest BCUT2D eigenvalue weighted by atomic mass is 9.88. The highest BCUT2D eigenvalue weighted by atomic mass is 35.5. The first-order chi connectivity index (χ1) is 16.2. The van der Waals surface area contributed by atoms with Gasteiger partial charge in [-0.1, -0.05) is 25.4 Å². The number of amides is 1. The first-order valence-corrected chi connectivity index (χ1v) is 12.3. The first-order valence-electron chi connectivity index (χ1n) is 11.5. The molecule has 2 aromatic rings. The zero-order valence-corrected chi connectivity index (χ0v) is 20.9. The molecule has 34 heavy (non-hydrogen) atoms. The number of hydrogen-bond acceptors (Lipinski definition) is 5. The largest absolute Gasteiger partial charge is 0.455 e. The van der Waals surface area contributed by atoms with E-state index < -0.39 is 6.23 Å². The number of benzene rings is 1. The van der Waals surface area contributed by atoms with E-state index in [9.17, 15) is 9.90 Å². The van der Waals surface area contributed by atoms with Gasteiger partial charge >= 0.3 is 0 Å². The molecule has 1 aromatic heterocycles. The van der Waals surface area contributed by atoms with Gasteiger partial charge in [-0.15, -0.1) is 0 Å². The van der Waals surface area contributed by atoms with Gasteiger partial charge in [-0.3, -0.25) is 9.36 Å². The van der Waals surface area contributed by atoms with Crippen molar-refractivity contribution in [3.8, 4) is 5.75 Å². The zero-order chi connectivity index (χ0) is 24.0. The number of aliphatic hydroxyl groups is 1. The van der Waals surface area contributed by atoms with Crippen molar-refractivity contribution in [3.63, 3.8) is 0 Å². The average Bonchev–Trinajstić information content (AvgIpc) is 3.30. The molecule has 9 heteroatoms. The monoisotopic (exact) mass is 501 g/mol. The second-order valence-electron chi connectivity index (χ2n) is 9.72. The van der Waals surface area contributed by atoms with Crippen molar-refractivity contribution in [2.75, 3.05) is 32.8 Å². The molecule has 5 rings (SSSR count). The van der Waals surface area contributed by atoms with Crippen LogP contribution in [0, 0.1) is 5.41 Å². The van der Waals surface area contributed by atoms with Crippen molar-refractivity contribution >= 4 is 40.6 Å². The summed E-state index contributed by atoms with van der Waals surface area (Å²) >= 11 is 11.8. The van der Waals surface area contributed by atoms with Crippen LogP contribution in [-0.2, 0) is 16.0 Å². The van der Waals surface area contributed by atoms with E-state index in [0.29, 0.717) is 67.3 Å². The molecule has 1 fully saturated rings. The number of fused-ring (bicyclic) bond motifs is 3. The van der Waals surface area contributed by atoms with E-state index in [-0.39, 0.29) is 11.3 Å². The second kappa shape index (κ2) is 9.00. The third-order valence-electron chi connectivity index (χ3n) is 6.51. The Morgan fingerprint density at radius 3 is 2.65 bits per heavy atom. The van der Waals surface area contributed by atoms with Crippen LogP contribution < -0.4 is 4.74 Å². The maximum atomic E-state index is 12.8. The standard InChI is InChI=1S/C25H28ClN3O4S/c1-25(2,14-22(30)27-9-11-32-12-10-27)15-28-23(31)19-13-21-18(29(19)24(28)34)7-8-20(33-21)16-3-5-17(26)6-4-16/h3-6,8,13,23,31H,7,9-12,14-15H2,1-2H3. The minimum absolute atomic E-state index is 0.109. The molecule has 1 aromatic carbocycles. The highest BCUT2D eigenvalue weighted by Crippen LogP contribution is 2.41. The summed E-state index contributed by atoms with van der Waals surface area (Å²) in [6.45, 7) is 6.95. The minimum Gasteiger partial charge on any atom is -0.455 e. The minimum atomic E-state index is -0.890. The molecule has 1 unspecified atom stereocenters. The van der Waals surface area contributed by atoms with Crippen LogP contribution in [0.15, 0.2) is 36.4 Å². The number of nitrogens with zero attached hydrogens (tertiary/aromatic N) is 3. The normalized spacial score (nSPS) is 20.1. The number of carbonyl (C=O) groups excluding carboxylic acids is 1. The number of aromatic nitrogens is 1. The topological polar surface area (TPSA) is 67.2 Å². The SMILES string of the molecule is CC(C)(CC(=O)N1CCOCC1)CN1C(=S)n2c(cc3c2CC=C(c2ccc(Cl)cc2)O3)C1O. The van der Waals surface area contributed by atoms with Crippen LogP contribution in [0.2, 0.25) is 5.02 Å². The fourth-order valence-corrected chi connectivity index (χ4v) is 5.29. The Morgan fingerprint density at radius 2 is 1.94 bits per heavy atom. The molecule has 1 amide bonds. The number of morpholine rings is 1. The summed E-state index contributed by atoms with van der Waals surface area (Å²) in [6.07, 6.45) is 2.13. The van der Waals surface area contributed by atoms with Gasteiger partial charge in [0.1, 0.15) is 11.5 Å². The summed E-state index contributed by atoms with van der Waals surface area (Å²) in [5.41, 5.74) is 2.18. The predicted octanol–water partition coefficient (Wildman–Crippen LogP) is 3.83. The van der Waals surface area contributed by atoms with Crippen LogP contribution >= 0.6 is 23.8 Å². The van der Waals surface area contributed by atoms with Crippen LogP contribution in [0.5, 0.6) is 5.75 Å². The van der Waals surface area contributed by atoms with Gasteiger partial charge in [0.2, 0.25) is 5.91 Å². The van der Waals surface area contributed by atoms with Gasteiger partial charge in [-0.05, 0) is 48.0 Å². The predicted molar refractivity (Wildman–Crippen MR) is 134 cm³/mol. The molecule has 0 bridgehead atoms. The van der Waals surface area contributed by atoms with Crippen LogP contribution in [0.25, 0.3) is 5.76 Å². The summed E-state index contributed by atoms with van der Waals surface area (Å²) in [6, 6.07) is 9.37. The Morgan fingerprint density at radius 1 is 1.24 bits per heavy atom. The van der Waals surface area contributed by atoms with Crippen molar-refractivity contribution in [3.05, 3.63) is 58.4 Å². The molecule has 0 spiro atoms. The molecule has 0 radical (unpaired) electrons. The van der Waals surface area contributed by atoms with E-state index in [0.717, 1.165) is 17.0 Å². The quantitative estimate of drug-likeness (QED) is 0.628. The van der Waals surface area contributed by atoms with Crippen molar-refractivity contribution in [1.29, 1.82) is 0 Å². The molecule has 4 heterocycles. The van der Waals surface area contributed by atoms with Gasteiger partial charge in [0.15, 0.2) is 11.3 Å². The summed E-state index contributed by atoms with van der Waals surface area (Å²) in [7, 11) is 0. The summed E-state index contributed by atoms with van der Waals surface area (Å²) in [4.78, 5) is 16.5. The number of rotatable bonds is 5. The van der Waals surface area contributed by atoms with Gasteiger partial charge < -0.3 is 24.4 Å². The molecular weight excluding hydrogens is 474 g/mol. The van der Waals surface area contributed by atoms with Gasteiger partial charge in [0.05, 0.1) is 24.6 Å².